The van der Waals surface area contributed by atoms with Crippen molar-refractivity contribution >= 4 is 39.2 Å². The molecule has 2 saturated heterocycles. The molecule has 1 N–H and O–H groups in total. The molecule has 8 heteroatoms. The smallest absolute Gasteiger partial charge is 0.308 e. The number of rotatable bonds is 3. The van der Waals surface area contributed by atoms with Crippen molar-refractivity contribution < 1.29 is 14.7 Å². The molecule has 24 heavy (non-hydrogen) atoms. The number of amides is 1. The van der Waals surface area contributed by atoms with Gasteiger partial charge in [-0.3, -0.25) is 9.59 Å². The third kappa shape index (κ3) is 2.50. The molecule has 2 atom stereocenters. The Hall–Kier alpha value is -2.22. The SMILES string of the molecule is O=C(O)C1CCN(C(=O)C2CCCN2c2ncnc3sccc23)C1. The van der Waals surface area contributed by atoms with Crippen molar-refractivity contribution in [2.45, 2.75) is 25.3 Å². The van der Waals surface area contributed by atoms with Gasteiger partial charge in [0.05, 0.1) is 11.3 Å². The molecule has 0 aromatic carbocycles. The maximum Gasteiger partial charge on any atom is 0.308 e. The molecule has 2 aromatic rings. The van der Waals surface area contributed by atoms with Gasteiger partial charge in [0.2, 0.25) is 5.91 Å². The molecule has 4 rings (SSSR count). The van der Waals surface area contributed by atoms with Gasteiger partial charge in [-0.25, -0.2) is 9.97 Å². The summed E-state index contributed by atoms with van der Waals surface area (Å²) >= 11 is 1.56. The van der Waals surface area contributed by atoms with E-state index in [0.29, 0.717) is 19.5 Å². The number of carboxylic acid groups (broad SMARTS) is 1. The van der Waals surface area contributed by atoms with Crippen LogP contribution in [0.2, 0.25) is 0 Å². The zero-order valence-electron chi connectivity index (χ0n) is 13.1. The Labute approximate surface area is 142 Å². The highest BCUT2D eigenvalue weighted by molar-refractivity contribution is 7.16. The standard InChI is InChI=1S/C16H18N4O3S/c21-15(19-6-3-10(8-19)16(22)23)12-2-1-5-20(12)13-11-4-7-24-14(11)18-9-17-13/h4,7,9-10,12H,1-3,5-6,8H2,(H,22,23). The fraction of sp³-hybridized carbons (Fsp3) is 0.500. The maximum atomic E-state index is 12.9. The fourth-order valence-corrected chi connectivity index (χ4v) is 4.38. The third-order valence-electron chi connectivity index (χ3n) is 4.90. The van der Waals surface area contributed by atoms with E-state index in [9.17, 15) is 9.59 Å². The van der Waals surface area contributed by atoms with Crippen LogP contribution in [0.3, 0.4) is 0 Å². The van der Waals surface area contributed by atoms with E-state index in [-0.39, 0.29) is 11.9 Å². The molecule has 2 unspecified atom stereocenters. The lowest BCUT2D eigenvalue weighted by Gasteiger charge is -2.28. The second-order valence-corrected chi connectivity index (χ2v) is 7.19. The van der Waals surface area contributed by atoms with E-state index in [4.69, 9.17) is 5.11 Å². The summed E-state index contributed by atoms with van der Waals surface area (Å²) in [6, 6.07) is 1.74. The number of aromatic nitrogens is 2. The van der Waals surface area contributed by atoms with Crippen LogP contribution in [0, 0.1) is 5.92 Å². The molecule has 0 aliphatic carbocycles. The number of fused-ring (bicyclic) bond motifs is 1. The first-order chi connectivity index (χ1) is 11.6. The Morgan fingerprint density at radius 1 is 1.25 bits per heavy atom. The quantitative estimate of drug-likeness (QED) is 0.908. The highest BCUT2D eigenvalue weighted by atomic mass is 32.1. The first-order valence-corrected chi connectivity index (χ1v) is 8.99. The van der Waals surface area contributed by atoms with Crippen molar-refractivity contribution in [3.8, 4) is 0 Å². The topological polar surface area (TPSA) is 86.6 Å². The average Bonchev–Trinajstić information content (AvgIpc) is 3.31. The number of thiophene rings is 1. The molecular weight excluding hydrogens is 328 g/mol. The number of hydrogen-bond acceptors (Lipinski definition) is 6. The summed E-state index contributed by atoms with van der Waals surface area (Å²) < 4.78 is 0. The first-order valence-electron chi connectivity index (χ1n) is 8.11. The highest BCUT2D eigenvalue weighted by Gasteiger charge is 2.39. The second-order valence-electron chi connectivity index (χ2n) is 6.30. The lowest BCUT2D eigenvalue weighted by Crippen LogP contribution is -2.45. The molecule has 7 nitrogen and oxygen atoms in total. The van der Waals surface area contributed by atoms with Crippen LogP contribution in [-0.2, 0) is 9.59 Å². The largest absolute Gasteiger partial charge is 0.481 e. The normalized spacial score (nSPS) is 24.0. The van der Waals surface area contributed by atoms with Crippen LogP contribution >= 0.6 is 11.3 Å². The van der Waals surface area contributed by atoms with Crippen molar-refractivity contribution in [3.63, 3.8) is 0 Å². The Bertz CT molecular complexity index is 792. The molecule has 2 fully saturated rings. The van der Waals surface area contributed by atoms with Gasteiger partial charge in [0.1, 0.15) is 23.0 Å². The van der Waals surface area contributed by atoms with Gasteiger partial charge < -0.3 is 14.9 Å². The number of carbonyl (C=O) groups is 2. The van der Waals surface area contributed by atoms with Gasteiger partial charge in [0, 0.05) is 19.6 Å². The molecule has 0 saturated carbocycles. The van der Waals surface area contributed by atoms with Crippen LogP contribution in [-0.4, -0.2) is 57.5 Å². The number of carbonyl (C=O) groups excluding carboxylic acids is 1. The predicted octanol–water partition coefficient (Wildman–Crippen LogP) is 1.59. The van der Waals surface area contributed by atoms with E-state index in [0.717, 1.165) is 35.4 Å². The molecule has 0 bridgehead atoms. The molecule has 126 valence electrons. The fourth-order valence-electron chi connectivity index (χ4n) is 3.66. The summed E-state index contributed by atoms with van der Waals surface area (Å²) in [6.07, 6.45) is 3.80. The van der Waals surface area contributed by atoms with E-state index >= 15 is 0 Å². The van der Waals surface area contributed by atoms with Crippen molar-refractivity contribution in [1.29, 1.82) is 0 Å². The Balaban J connectivity index is 1.58. The number of anilines is 1. The van der Waals surface area contributed by atoms with Crippen LogP contribution in [0.15, 0.2) is 17.8 Å². The Kier molecular flexibility index (Phi) is 3.84. The molecular formula is C16H18N4O3S. The van der Waals surface area contributed by atoms with Gasteiger partial charge in [-0.2, -0.15) is 0 Å². The molecule has 2 aliphatic heterocycles. The zero-order valence-corrected chi connectivity index (χ0v) is 13.9. The monoisotopic (exact) mass is 346 g/mol. The highest BCUT2D eigenvalue weighted by Crippen LogP contribution is 2.33. The molecule has 1 amide bonds. The number of likely N-dealkylation sites (tertiary alicyclic amines) is 1. The van der Waals surface area contributed by atoms with Crippen LogP contribution < -0.4 is 4.90 Å². The summed E-state index contributed by atoms with van der Waals surface area (Å²) in [5, 5.41) is 12.1. The Morgan fingerprint density at radius 2 is 2.12 bits per heavy atom. The summed E-state index contributed by atoms with van der Waals surface area (Å²) in [5.74, 6) is -0.417. The summed E-state index contributed by atoms with van der Waals surface area (Å²) in [7, 11) is 0. The van der Waals surface area contributed by atoms with Gasteiger partial charge in [0.25, 0.3) is 0 Å². The van der Waals surface area contributed by atoms with Gasteiger partial charge in [0.15, 0.2) is 0 Å². The van der Waals surface area contributed by atoms with Crippen molar-refractivity contribution in [2.24, 2.45) is 5.92 Å². The average molecular weight is 346 g/mol. The third-order valence-corrected chi connectivity index (χ3v) is 5.72. The number of nitrogens with zero attached hydrogens (tertiary/aromatic N) is 4. The summed E-state index contributed by atoms with van der Waals surface area (Å²) in [6.45, 7) is 1.63. The minimum atomic E-state index is -0.815. The minimum Gasteiger partial charge on any atom is -0.481 e. The molecule has 0 spiro atoms. The number of carboxylic acids is 1. The van der Waals surface area contributed by atoms with Gasteiger partial charge in [-0.1, -0.05) is 0 Å². The Morgan fingerprint density at radius 3 is 2.92 bits per heavy atom. The van der Waals surface area contributed by atoms with E-state index in [1.165, 1.54) is 0 Å². The second kappa shape index (κ2) is 6.01. The van der Waals surface area contributed by atoms with E-state index in [1.54, 1.807) is 22.6 Å². The van der Waals surface area contributed by atoms with Crippen LogP contribution in [0.4, 0.5) is 5.82 Å². The van der Waals surface area contributed by atoms with Crippen LogP contribution in [0.5, 0.6) is 0 Å². The van der Waals surface area contributed by atoms with Gasteiger partial charge >= 0.3 is 5.97 Å². The van der Waals surface area contributed by atoms with E-state index < -0.39 is 11.9 Å². The summed E-state index contributed by atoms with van der Waals surface area (Å²) in [5.41, 5.74) is 0. The minimum absolute atomic E-state index is 0.0261. The lowest BCUT2D eigenvalue weighted by molar-refractivity contribution is -0.141. The van der Waals surface area contributed by atoms with Gasteiger partial charge in [-0.15, -0.1) is 11.3 Å². The van der Waals surface area contributed by atoms with Crippen molar-refractivity contribution in [3.05, 3.63) is 17.8 Å². The molecule has 0 radical (unpaired) electrons. The predicted molar refractivity (Wildman–Crippen MR) is 90.1 cm³/mol. The lowest BCUT2D eigenvalue weighted by atomic mass is 10.1. The van der Waals surface area contributed by atoms with Crippen molar-refractivity contribution in [1.82, 2.24) is 14.9 Å². The van der Waals surface area contributed by atoms with Crippen LogP contribution in [0.1, 0.15) is 19.3 Å². The van der Waals surface area contributed by atoms with E-state index in [2.05, 4.69) is 14.9 Å². The molecule has 2 aliphatic rings. The molecule has 4 heterocycles. The maximum absolute atomic E-state index is 12.9. The van der Waals surface area contributed by atoms with Crippen LogP contribution in [0.25, 0.3) is 10.2 Å². The van der Waals surface area contributed by atoms with E-state index in [1.807, 2.05) is 11.4 Å². The summed E-state index contributed by atoms with van der Waals surface area (Å²) in [4.78, 5) is 37.4. The molecule has 2 aromatic heterocycles. The number of aliphatic carboxylic acids is 1. The van der Waals surface area contributed by atoms with Gasteiger partial charge in [-0.05, 0) is 30.7 Å². The first kappa shape index (κ1) is 15.3. The number of hydrogen-bond donors (Lipinski definition) is 1. The van der Waals surface area contributed by atoms with Crippen molar-refractivity contribution in [2.75, 3.05) is 24.5 Å². The zero-order chi connectivity index (χ0) is 16.7.